The molecule has 0 aliphatic carbocycles. The predicted octanol–water partition coefficient (Wildman–Crippen LogP) is 1.00. The van der Waals surface area contributed by atoms with Crippen molar-refractivity contribution >= 4 is 10.4 Å². The molecule has 0 aliphatic rings. The molecule has 0 radical (unpaired) electrons. The summed E-state index contributed by atoms with van der Waals surface area (Å²) in [6.45, 7) is 2.08. The van der Waals surface area contributed by atoms with Crippen LogP contribution in [0.25, 0.3) is 0 Å². The number of hydrogen-bond acceptors (Lipinski definition) is 6. The second-order valence-corrected chi connectivity index (χ2v) is 7.08. The van der Waals surface area contributed by atoms with Gasteiger partial charge >= 0.3 is 0 Å². The molecule has 0 bridgehead atoms. The van der Waals surface area contributed by atoms with Crippen LogP contribution in [0.1, 0.15) is 5.56 Å². The summed E-state index contributed by atoms with van der Waals surface area (Å²) in [6, 6.07) is 22.3. The summed E-state index contributed by atoms with van der Waals surface area (Å²) in [4.78, 5) is 0. The largest absolute Gasteiger partial charge is 0.759 e. The molecule has 0 saturated carbocycles. The van der Waals surface area contributed by atoms with Gasteiger partial charge in [0.15, 0.2) is 24.8 Å². The summed E-state index contributed by atoms with van der Waals surface area (Å²) in [5.41, 5.74) is 1.32. The highest BCUT2D eigenvalue weighted by molar-refractivity contribution is 7.79. The molecule has 30 heavy (non-hydrogen) atoms. The molecule has 3 aromatic rings. The lowest BCUT2D eigenvalue weighted by Crippen LogP contribution is -2.51. The van der Waals surface area contributed by atoms with E-state index in [1.807, 2.05) is 127 Å². The Hall–Kier alpha value is -3.01. The fourth-order valence-electron chi connectivity index (χ4n) is 1.85. The Bertz CT molecular complexity index is 841. The van der Waals surface area contributed by atoms with Crippen LogP contribution in [0.15, 0.2) is 91.5 Å². The van der Waals surface area contributed by atoms with Crippen molar-refractivity contribution in [1.82, 2.24) is 0 Å². The van der Waals surface area contributed by atoms with Crippen LogP contribution in [-0.4, -0.2) is 45.7 Å². The molecule has 0 atom stereocenters. The van der Waals surface area contributed by atoms with Crippen LogP contribution in [-0.2, 0) is 10.4 Å². The van der Waals surface area contributed by atoms with Gasteiger partial charge in [0.1, 0.15) is 0 Å². The first-order chi connectivity index (χ1) is 14.0. The SMILES string of the molecule is CN(C)[n+]1ccccc1.CN(C)[n+]1ccccc1.Cc1ccccc1.O=S(=O)([O-])[O-]. The van der Waals surface area contributed by atoms with E-state index in [0.29, 0.717) is 0 Å². The number of benzene rings is 1. The van der Waals surface area contributed by atoms with Crippen LogP contribution >= 0.6 is 0 Å². The fraction of sp³-hybridized carbons (Fsp3) is 0.238. The number of pyridine rings is 2. The first-order valence-electron chi connectivity index (χ1n) is 8.97. The van der Waals surface area contributed by atoms with Crippen LogP contribution in [0.4, 0.5) is 0 Å². The zero-order chi connectivity index (χ0) is 23.0. The number of rotatable bonds is 2. The average molecular weight is 435 g/mol. The Morgan fingerprint density at radius 2 is 0.900 bits per heavy atom. The lowest BCUT2D eigenvalue weighted by Gasteiger charge is -2.06. The summed E-state index contributed by atoms with van der Waals surface area (Å²) in [5, 5.41) is 4.00. The van der Waals surface area contributed by atoms with Gasteiger partial charge in [0.05, 0.1) is 28.2 Å². The predicted molar refractivity (Wildman–Crippen MR) is 115 cm³/mol. The summed E-state index contributed by atoms with van der Waals surface area (Å²) < 4.78 is 38.1. The minimum atomic E-state index is -5.17. The topological polar surface area (TPSA) is 94.5 Å². The lowest BCUT2D eigenvalue weighted by molar-refractivity contribution is -0.687. The van der Waals surface area contributed by atoms with Crippen molar-refractivity contribution in [3.05, 3.63) is 97.1 Å². The Balaban J connectivity index is 0.000000383. The highest BCUT2D eigenvalue weighted by atomic mass is 32.3. The van der Waals surface area contributed by atoms with E-state index in [4.69, 9.17) is 17.5 Å². The van der Waals surface area contributed by atoms with Crippen molar-refractivity contribution in [2.45, 2.75) is 6.92 Å². The number of aryl methyl sites for hydroxylation is 1. The minimum Gasteiger partial charge on any atom is -0.759 e. The monoisotopic (exact) mass is 434 g/mol. The standard InChI is InChI=1S/2C7H11N2.C7H8.H2O4S/c2*1-8(2)9-6-4-3-5-7-9;1-7-5-3-2-4-6-7;1-5(2,3)4/h2*3-7H,1-2H3;2-6H,1H3;(H2,1,2,3,4)/q2*+1;;/p-2. The second kappa shape index (κ2) is 14.9. The van der Waals surface area contributed by atoms with Gasteiger partial charge < -0.3 is 9.11 Å². The molecule has 3 rings (SSSR count). The molecule has 164 valence electrons. The summed E-state index contributed by atoms with van der Waals surface area (Å²) in [6.07, 6.45) is 8.00. The van der Waals surface area contributed by atoms with Crippen LogP contribution in [0.2, 0.25) is 0 Å². The van der Waals surface area contributed by atoms with E-state index in [-0.39, 0.29) is 0 Å². The van der Waals surface area contributed by atoms with Gasteiger partial charge in [-0.2, -0.15) is 10.0 Å². The van der Waals surface area contributed by atoms with Crippen molar-refractivity contribution < 1.29 is 26.9 Å². The third-order valence-electron chi connectivity index (χ3n) is 3.26. The number of nitrogens with zero attached hydrogens (tertiary/aromatic N) is 4. The van der Waals surface area contributed by atoms with E-state index in [9.17, 15) is 0 Å². The minimum absolute atomic E-state index is 1.32. The molecule has 0 unspecified atom stereocenters. The highest BCUT2D eigenvalue weighted by Gasteiger charge is 1.96. The van der Waals surface area contributed by atoms with Crippen LogP contribution in [0.3, 0.4) is 0 Å². The van der Waals surface area contributed by atoms with Gasteiger partial charge in [0, 0.05) is 34.7 Å². The quantitative estimate of drug-likeness (QED) is 0.339. The van der Waals surface area contributed by atoms with Crippen molar-refractivity contribution in [2.24, 2.45) is 0 Å². The van der Waals surface area contributed by atoms with Crippen molar-refractivity contribution in [1.29, 1.82) is 0 Å². The number of hydrogen-bond donors (Lipinski definition) is 0. The Labute approximate surface area is 179 Å². The van der Waals surface area contributed by atoms with E-state index < -0.39 is 10.4 Å². The van der Waals surface area contributed by atoms with Crippen molar-refractivity contribution in [3.8, 4) is 0 Å². The Morgan fingerprint density at radius 3 is 1.07 bits per heavy atom. The van der Waals surface area contributed by atoms with E-state index >= 15 is 0 Å². The Kier molecular flexibility index (Phi) is 13.4. The highest BCUT2D eigenvalue weighted by Crippen LogP contribution is 1.92. The smallest absolute Gasteiger partial charge is 0.199 e. The molecular weight excluding hydrogens is 404 g/mol. The van der Waals surface area contributed by atoms with Crippen LogP contribution in [0, 0.1) is 6.92 Å². The van der Waals surface area contributed by atoms with Gasteiger partial charge in [-0.3, -0.25) is 8.42 Å². The maximum absolute atomic E-state index is 8.52. The van der Waals surface area contributed by atoms with Gasteiger partial charge in [-0.25, -0.2) is 0 Å². The normalized spacial score (nSPS) is 9.43. The van der Waals surface area contributed by atoms with Crippen molar-refractivity contribution in [2.75, 3.05) is 38.2 Å². The molecule has 9 heteroatoms. The second-order valence-electron chi connectivity index (χ2n) is 6.27. The summed E-state index contributed by atoms with van der Waals surface area (Å²) in [5.74, 6) is 0. The van der Waals surface area contributed by atoms with Gasteiger partial charge in [-0.1, -0.05) is 57.4 Å². The summed E-state index contributed by atoms with van der Waals surface area (Å²) >= 11 is 0. The third-order valence-corrected chi connectivity index (χ3v) is 3.26. The molecule has 0 N–H and O–H groups in total. The van der Waals surface area contributed by atoms with Gasteiger partial charge in [-0.05, 0) is 6.92 Å². The molecule has 8 nitrogen and oxygen atoms in total. The lowest BCUT2D eigenvalue weighted by atomic mass is 10.2. The number of aromatic nitrogens is 2. The molecular formula is C21H30N4O4S. The maximum Gasteiger partial charge on any atom is 0.199 e. The zero-order valence-electron chi connectivity index (χ0n) is 18.0. The van der Waals surface area contributed by atoms with E-state index in [2.05, 4.69) is 19.1 Å². The Morgan fingerprint density at radius 1 is 0.633 bits per heavy atom. The van der Waals surface area contributed by atoms with Crippen LogP contribution in [0.5, 0.6) is 0 Å². The first kappa shape index (κ1) is 27.0. The van der Waals surface area contributed by atoms with Gasteiger partial charge in [0.25, 0.3) is 0 Å². The molecule has 2 heterocycles. The first-order valence-corrected chi connectivity index (χ1v) is 10.3. The molecule has 2 aromatic heterocycles. The van der Waals surface area contributed by atoms with Gasteiger partial charge in [0.2, 0.25) is 0 Å². The molecule has 0 fully saturated rings. The van der Waals surface area contributed by atoms with E-state index in [1.165, 1.54) is 5.56 Å². The maximum atomic E-state index is 8.52. The van der Waals surface area contributed by atoms with E-state index in [1.54, 1.807) is 0 Å². The van der Waals surface area contributed by atoms with Crippen LogP contribution < -0.4 is 19.4 Å². The van der Waals surface area contributed by atoms with E-state index in [0.717, 1.165) is 0 Å². The molecule has 1 aromatic carbocycles. The molecule has 0 saturated heterocycles. The average Bonchev–Trinajstić information content (AvgIpc) is 2.70. The summed E-state index contributed by atoms with van der Waals surface area (Å²) in [7, 11) is 2.83. The fourth-order valence-corrected chi connectivity index (χ4v) is 1.85. The van der Waals surface area contributed by atoms with Crippen molar-refractivity contribution in [3.63, 3.8) is 0 Å². The zero-order valence-corrected chi connectivity index (χ0v) is 18.8. The molecule has 0 spiro atoms. The van der Waals surface area contributed by atoms with Gasteiger partial charge in [-0.15, -0.1) is 0 Å². The molecule has 0 aliphatic heterocycles. The molecule has 0 amide bonds. The third kappa shape index (κ3) is 17.1.